The summed E-state index contributed by atoms with van der Waals surface area (Å²) in [5.41, 5.74) is 1.90. The summed E-state index contributed by atoms with van der Waals surface area (Å²) in [7, 11) is 0. The normalized spacial score (nSPS) is 10.7. The van der Waals surface area contributed by atoms with Crippen LogP contribution in [0.2, 0.25) is 0 Å². The third kappa shape index (κ3) is 6.94. The van der Waals surface area contributed by atoms with Crippen molar-refractivity contribution in [3.63, 3.8) is 0 Å². The predicted molar refractivity (Wildman–Crippen MR) is 110 cm³/mol. The zero-order valence-corrected chi connectivity index (χ0v) is 16.5. The summed E-state index contributed by atoms with van der Waals surface area (Å²) in [4.78, 5) is 14.5. The minimum Gasteiger partial charge on any atom is -0.490 e. The topological polar surface area (TPSA) is 50.8 Å². The summed E-state index contributed by atoms with van der Waals surface area (Å²) in [5, 5.41) is 2.87. The molecule has 0 bridgehead atoms. The second kappa shape index (κ2) is 11.2. The molecular formula is C22H30N2O3. The molecule has 0 unspecified atom stereocenters. The maximum Gasteiger partial charge on any atom is 0.262 e. The fourth-order valence-corrected chi connectivity index (χ4v) is 2.68. The van der Waals surface area contributed by atoms with Crippen molar-refractivity contribution in [3.05, 3.63) is 54.1 Å². The standard InChI is InChI=1S/C22H30N2O3/c1-4-18-11-13-19(14-12-18)27-17-22(25)23-20-9-7-8-10-21(20)26-16-15-24(5-2)6-3/h7-14H,4-6,15-17H2,1-3H3,(H,23,25). The van der Waals surface area contributed by atoms with Gasteiger partial charge in [0.1, 0.15) is 18.1 Å². The molecule has 2 aromatic rings. The van der Waals surface area contributed by atoms with Gasteiger partial charge in [0.2, 0.25) is 0 Å². The fourth-order valence-electron chi connectivity index (χ4n) is 2.68. The van der Waals surface area contributed by atoms with Crippen LogP contribution in [0.4, 0.5) is 5.69 Å². The number of benzene rings is 2. The first-order valence-electron chi connectivity index (χ1n) is 9.62. The number of carbonyl (C=O) groups is 1. The van der Waals surface area contributed by atoms with Crippen LogP contribution >= 0.6 is 0 Å². The molecule has 0 radical (unpaired) electrons. The maximum atomic E-state index is 12.2. The molecule has 0 aliphatic rings. The molecule has 0 fully saturated rings. The van der Waals surface area contributed by atoms with E-state index in [9.17, 15) is 4.79 Å². The molecule has 0 spiro atoms. The number of para-hydroxylation sites is 2. The molecule has 0 saturated heterocycles. The zero-order chi connectivity index (χ0) is 19.5. The summed E-state index contributed by atoms with van der Waals surface area (Å²) in [5.74, 6) is 1.14. The molecule has 0 saturated carbocycles. The van der Waals surface area contributed by atoms with Crippen molar-refractivity contribution < 1.29 is 14.3 Å². The van der Waals surface area contributed by atoms with Crippen LogP contribution in [0.1, 0.15) is 26.3 Å². The van der Waals surface area contributed by atoms with Crippen LogP contribution in [-0.2, 0) is 11.2 Å². The van der Waals surface area contributed by atoms with Crippen LogP contribution in [0.25, 0.3) is 0 Å². The summed E-state index contributed by atoms with van der Waals surface area (Å²) < 4.78 is 11.4. The Balaban J connectivity index is 1.85. The lowest BCUT2D eigenvalue weighted by Gasteiger charge is -2.19. The van der Waals surface area contributed by atoms with Gasteiger partial charge < -0.3 is 19.7 Å². The lowest BCUT2D eigenvalue weighted by atomic mass is 10.2. The molecule has 1 amide bonds. The van der Waals surface area contributed by atoms with Crippen LogP contribution in [0.15, 0.2) is 48.5 Å². The van der Waals surface area contributed by atoms with E-state index in [4.69, 9.17) is 9.47 Å². The minimum atomic E-state index is -0.214. The summed E-state index contributed by atoms with van der Waals surface area (Å²) in [6.07, 6.45) is 0.978. The second-order valence-corrected chi connectivity index (χ2v) is 6.21. The number of hydrogen-bond acceptors (Lipinski definition) is 4. The summed E-state index contributed by atoms with van der Waals surface area (Å²) in [6, 6.07) is 15.2. The van der Waals surface area contributed by atoms with Crippen molar-refractivity contribution in [2.75, 3.05) is 38.2 Å². The third-order valence-corrected chi connectivity index (χ3v) is 4.42. The van der Waals surface area contributed by atoms with Crippen LogP contribution in [0.5, 0.6) is 11.5 Å². The van der Waals surface area contributed by atoms with Gasteiger partial charge in [-0.2, -0.15) is 0 Å². The molecule has 146 valence electrons. The monoisotopic (exact) mass is 370 g/mol. The number of amides is 1. The molecule has 0 heterocycles. The third-order valence-electron chi connectivity index (χ3n) is 4.42. The molecule has 0 aromatic heterocycles. The van der Waals surface area contributed by atoms with E-state index in [1.807, 2.05) is 48.5 Å². The van der Waals surface area contributed by atoms with E-state index in [-0.39, 0.29) is 12.5 Å². The number of nitrogens with zero attached hydrogens (tertiary/aromatic N) is 1. The lowest BCUT2D eigenvalue weighted by Crippen LogP contribution is -2.28. The molecule has 0 aliphatic heterocycles. The van der Waals surface area contributed by atoms with Gasteiger partial charge in [-0.1, -0.05) is 45.0 Å². The number of carbonyl (C=O) groups excluding carboxylic acids is 1. The van der Waals surface area contributed by atoms with Gasteiger partial charge >= 0.3 is 0 Å². The van der Waals surface area contributed by atoms with Gasteiger partial charge in [-0.15, -0.1) is 0 Å². The first-order chi connectivity index (χ1) is 13.2. The summed E-state index contributed by atoms with van der Waals surface area (Å²) in [6.45, 7) is 9.75. The van der Waals surface area contributed by atoms with Crippen molar-refractivity contribution in [3.8, 4) is 11.5 Å². The van der Waals surface area contributed by atoms with Crippen LogP contribution < -0.4 is 14.8 Å². The van der Waals surface area contributed by atoms with E-state index in [0.717, 1.165) is 26.1 Å². The lowest BCUT2D eigenvalue weighted by molar-refractivity contribution is -0.118. The Morgan fingerprint density at radius 1 is 0.963 bits per heavy atom. The molecular weight excluding hydrogens is 340 g/mol. The van der Waals surface area contributed by atoms with E-state index in [2.05, 4.69) is 31.0 Å². The molecule has 5 heteroatoms. The molecule has 0 aliphatic carbocycles. The van der Waals surface area contributed by atoms with Crippen LogP contribution in [0.3, 0.4) is 0 Å². The first kappa shape index (κ1) is 20.8. The Morgan fingerprint density at radius 2 is 1.67 bits per heavy atom. The smallest absolute Gasteiger partial charge is 0.262 e. The van der Waals surface area contributed by atoms with Crippen LogP contribution in [-0.4, -0.2) is 43.7 Å². The number of anilines is 1. The van der Waals surface area contributed by atoms with E-state index in [0.29, 0.717) is 23.8 Å². The Kier molecular flexibility index (Phi) is 8.65. The van der Waals surface area contributed by atoms with E-state index in [1.165, 1.54) is 5.56 Å². The number of ether oxygens (including phenoxy) is 2. The zero-order valence-electron chi connectivity index (χ0n) is 16.5. The minimum absolute atomic E-state index is 0.0424. The Morgan fingerprint density at radius 3 is 2.33 bits per heavy atom. The largest absolute Gasteiger partial charge is 0.490 e. The van der Waals surface area contributed by atoms with E-state index >= 15 is 0 Å². The van der Waals surface area contributed by atoms with Gasteiger partial charge in [-0.05, 0) is 49.3 Å². The van der Waals surface area contributed by atoms with Crippen molar-refractivity contribution in [2.45, 2.75) is 27.2 Å². The molecule has 5 nitrogen and oxygen atoms in total. The molecule has 2 aromatic carbocycles. The highest BCUT2D eigenvalue weighted by Gasteiger charge is 2.09. The van der Waals surface area contributed by atoms with Crippen molar-refractivity contribution >= 4 is 11.6 Å². The highest BCUT2D eigenvalue weighted by molar-refractivity contribution is 5.93. The molecule has 1 N–H and O–H groups in total. The molecule has 0 atom stereocenters. The Hall–Kier alpha value is -2.53. The average molecular weight is 370 g/mol. The van der Waals surface area contributed by atoms with Gasteiger partial charge in [0.15, 0.2) is 6.61 Å². The van der Waals surface area contributed by atoms with Gasteiger partial charge in [0.05, 0.1) is 5.69 Å². The average Bonchev–Trinajstić information content (AvgIpc) is 2.71. The van der Waals surface area contributed by atoms with Crippen molar-refractivity contribution in [2.24, 2.45) is 0 Å². The van der Waals surface area contributed by atoms with Crippen molar-refractivity contribution in [1.82, 2.24) is 4.90 Å². The maximum absolute atomic E-state index is 12.2. The Labute approximate surface area is 162 Å². The number of rotatable bonds is 11. The highest BCUT2D eigenvalue weighted by atomic mass is 16.5. The van der Waals surface area contributed by atoms with Gasteiger partial charge in [-0.25, -0.2) is 0 Å². The van der Waals surface area contributed by atoms with Gasteiger partial charge in [0, 0.05) is 6.54 Å². The van der Waals surface area contributed by atoms with Crippen molar-refractivity contribution in [1.29, 1.82) is 0 Å². The predicted octanol–water partition coefficient (Wildman–Crippen LogP) is 3.99. The number of aryl methyl sites for hydroxylation is 1. The SMILES string of the molecule is CCc1ccc(OCC(=O)Nc2ccccc2OCCN(CC)CC)cc1. The van der Waals surface area contributed by atoms with Crippen LogP contribution in [0, 0.1) is 0 Å². The van der Waals surface area contributed by atoms with E-state index < -0.39 is 0 Å². The number of likely N-dealkylation sites (N-methyl/N-ethyl adjacent to an activating group) is 1. The highest BCUT2D eigenvalue weighted by Crippen LogP contribution is 2.23. The fraction of sp³-hybridized carbons (Fsp3) is 0.409. The molecule has 2 rings (SSSR count). The number of hydrogen-bond donors (Lipinski definition) is 1. The Bertz CT molecular complexity index is 697. The molecule has 27 heavy (non-hydrogen) atoms. The van der Waals surface area contributed by atoms with Gasteiger partial charge in [-0.3, -0.25) is 4.79 Å². The van der Waals surface area contributed by atoms with Gasteiger partial charge in [0.25, 0.3) is 5.91 Å². The quantitative estimate of drug-likeness (QED) is 0.650. The van der Waals surface area contributed by atoms with E-state index in [1.54, 1.807) is 0 Å². The second-order valence-electron chi connectivity index (χ2n) is 6.21. The number of nitrogens with one attached hydrogen (secondary N) is 1. The summed E-state index contributed by atoms with van der Waals surface area (Å²) >= 11 is 0. The first-order valence-corrected chi connectivity index (χ1v) is 9.62.